The van der Waals surface area contributed by atoms with Crippen molar-refractivity contribution in [2.24, 2.45) is 11.8 Å². The Labute approximate surface area is 229 Å². The van der Waals surface area contributed by atoms with Crippen LogP contribution in [0.2, 0.25) is 0 Å². The van der Waals surface area contributed by atoms with Gasteiger partial charge in [0.25, 0.3) is 17.7 Å². The second-order valence-electron chi connectivity index (χ2n) is 11.4. The average Bonchev–Trinajstić information content (AvgIpc) is 3.26. The van der Waals surface area contributed by atoms with Crippen LogP contribution in [0.5, 0.6) is 0 Å². The van der Waals surface area contributed by atoms with Gasteiger partial charge < -0.3 is 14.6 Å². The van der Waals surface area contributed by atoms with E-state index in [0.29, 0.717) is 17.4 Å². The Bertz CT molecular complexity index is 1160. The van der Waals surface area contributed by atoms with Crippen molar-refractivity contribution in [3.05, 3.63) is 34.9 Å². The summed E-state index contributed by atoms with van der Waals surface area (Å²) in [6.07, 6.45) is 0.270. The summed E-state index contributed by atoms with van der Waals surface area (Å²) in [4.78, 5) is 57.0. The van der Waals surface area contributed by atoms with E-state index >= 15 is 0 Å². The number of amides is 3. The summed E-state index contributed by atoms with van der Waals surface area (Å²) in [6.45, 7) is 2.84. The Kier molecular flexibility index (Phi) is 8.17. The van der Waals surface area contributed by atoms with Crippen LogP contribution in [0, 0.1) is 11.8 Å². The van der Waals surface area contributed by atoms with Crippen molar-refractivity contribution in [3.8, 4) is 0 Å². The van der Waals surface area contributed by atoms with E-state index in [4.69, 9.17) is 0 Å². The van der Waals surface area contributed by atoms with Gasteiger partial charge in [-0.2, -0.15) is 13.2 Å². The quantitative estimate of drug-likeness (QED) is 0.380. The van der Waals surface area contributed by atoms with E-state index in [1.165, 1.54) is 4.90 Å². The van der Waals surface area contributed by atoms with Gasteiger partial charge in [-0.25, -0.2) is 4.79 Å². The monoisotopic (exact) mass is 567 g/mol. The molecule has 0 spiro atoms. The normalized spacial score (nSPS) is 26.8. The van der Waals surface area contributed by atoms with Crippen LogP contribution in [-0.2, 0) is 25.8 Å². The Morgan fingerprint density at radius 1 is 0.950 bits per heavy atom. The predicted octanol–water partition coefficient (Wildman–Crippen LogP) is 4.14. The fourth-order valence-corrected chi connectivity index (χ4v) is 6.51. The molecule has 3 heterocycles. The SMILES string of the molecule is O=C1CCC(N2Cc3cc(C4CCN(CC5CCC(CF)CC5)CC4)ccc3C2=O)C(=O)N1OC(=O)C(F)(F)F. The number of fused-ring (bicyclic) bond motifs is 1. The molecule has 1 aromatic rings. The highest BCUT2D eigenvalue weighted by molar-refractivity contribution is 6.05. The molecule has 1 aromatic carbocycles. The van der Waals surface area contributed by atoms with E-state index in [1.54, 1.807) is 6.07 Å². The topological polar surface area (TPSA) is 87.2 Å². The lowest BCUT2D eigenvalue weighted by molar-refractivity contribution is -0.238. The van der Waals surface area contributed by atoms with Gasteiger partial charge in [0.2, 0.25) is 0 Å². The number of nitrogens with zero attached hydrogens (tertiary/aromatic N) is 3. The molecule has 1 atom stereocenters. The summed E-state index contributed by atoms with van der Waals surface area (Å²) in [5, 5.41) is -0.161. The second-order valence-corrected chi connectivity index (χ2v) is 11.4. The molecule has 0 bridgehead atoms. The Morgan fingerprint density at radius 3 is 2.27 bits per heavy atom. The van der Waals surface area contributed by atoms with Gasteiger partial charge in [0, 0.05) is 25.1 Å². The third-order valence-electron chi connectivity index (χ3n) is 8.85. The summed E-state index contributed by atoms with van der Waals surface area (Å²) in [7, 11) is 0. The van der Waals surface area contributed by atoms with E-state index in [9.17, 15) is 36.7 Å². The minimum absolute atomic E-state index is 0.0712. The number of alkyl halides is 4. The van der Waals surface area contributed by atoms with E-state index < -0.39 is 35.9 Å². The molecule has 2 saturated heterocycles. The molecule has 0 aromatic heterocycles. The molecule has 1 saturated carbocycles. The van der Waals surface area contributed by atoms with E-state index in [0.717, 1.165) is 69.3 Å². The second kappa shape index (κ2) is 11.5. The number of halogens is 4. The minimum Gasteiger partial charge on any atom is -0.322 e. The van der Waals surface area contributed by atoms with Crippen LogP contribution >= 0.6 is 0 Å². The molecular formula is C28H33F4N3O5. The first kappa shape index (κ1) is 28.5. The maximum Gasteiger partial charge on any atom is 0.493 e. The highest BCUT2D eigenvalue weighted by Gasteiger charge is 2.49. The highest BCUT2D eigenvalue weighted by Crippen LogP contribution is 2.36. The maximum atomic E-state index is 13.1. The molecule has 3 amide bonds. The molecule has 0 radical (unpaired) electrons. The van der Waals surface area contributed by atoms with Crippen LogP contribution in [0.25, 0.3) is 0 Å². The number of hydrogen-bond donors (Lipinski definition) is 0. The number of rotatable bonds is 6. The molecule has 3 fully saturated rings. The van der Waals surface area contributed by atoms with Gasteiger partial charge >= 0.3 is 12.1 Å². The molecule has 40 heavy (non-hydrogen) atoms. The van der Waals surface area contributed by atoms with Gasteiger partial charge in [-0.05, 0) is 93.0 Å². The average molecular weight is 568 g/mol. The zero-order chi connectivity index (χ0) is 28.6. The first-order valence-corrected chi connectivity index (χ1v) is 13.9. The number of hydroxylamine groups is 2. The first-order valence-electron chi connectivity index (χ1n) is 13.9. The number of piperidine rings is 2. The molecule has 4 aliphatic rings. The van der Waals surface area contributed by atoms with Crippen molar-refractivity contribution < 1.29 is 41.6 Å². The third-order valence-corrected chi connectivity index (χ3v) is 8.85. The number of carbonyl (C=O) groups excluding carboxylic acids is 4. The van der Waals surface area contributed by atoms with Gasteiger partial charge in [0.1, 0.15) is 6.04 Å². The van der Waals surface area contributed by atoms with Crippen LogP contribution in [0.3, 0.4) is 0 Å². The fraction of sp³-hybridized carbons (Fsp3) is 0.643. The zero-order valence-electron chi connectivity index (χ0n) is 22.1. The standard InChI is InChI=1S/C28H33F4N3O5/c29-14-17-1-3-18(4-2-17)15-33-11-9-19(10-12-33)20-5-6-22-21(13-20)16-34(25(22)37)23-7-8-24(36)35(26(23)38)40-27(39)28(30,31)32/h5-6,13,17-19,23H,1-4,7-12,14-16H2. The third kappa shape index (κ3) is 5.87. The van der Waals surface area contributed by atoms with E-state index in [2.05, 4.69) is 9.74 Å². The first-order chi connectivity index (χ1) is 19.0. The van der Waals surface area contributed by atoms with Gasteiger partial charge in [0.15, 0.2) is 0 Å². The lowest BCUT2D eigenvalue weighted by atomic mass is 9.81. The molecule has 0 N–H and O–H groups in total. The molecule has 8 nitrogen and oxygen atoms in total. The zero-order valence-corrected chi connectivity index (χ0v) is 22.1. The van der Waals surface area contributed by atoms with Crippen molar-refractivity contribution in [2.75, 3.05) is 26.3 Å². The molecule has 12 heteroatoms. The van der Waals surface area contributed by atoms with Crippen LogP contribution < -0.4 is 0 Å². The molecule has 3 aliphatic heterocycles. The van der Waals surface area contributed by atoms with Crippen LogP contribution in [0.4, 0.5) is 17.6 Å². The van der Waals surface area contributed by atoms with Crippen molar-refractivity contribution in [3.63, 3.8) is 0 Å². The summed E-state index contributed by atoms with van der Waals surface area (Å²) >= 11 is 0. The van der Waals surface area contributed by atoms with Crippen LogP contribution in [0.1, 0.15) is 78.8 Å². The smallest absolute Gasteiger partial charge is 0.322 e. The van der Waals surface area contributed by atoms with Crippen molar-refractivity contribution in [2.45, 2.75) is 76.0 Å². The Balaban J connectivity index is 1.19. The number of benzene rings is 1. The van der Waals surface area contributed by atoms with Gasteiger partial charge in [-0.3, -0.25) is 18.8 Å². The fourth-order valence-electron chi connectivity index (χ4n) is 6.51. The van der Waals surface area contributed by atoms with E-state index in [-0.39, 0.29) is 37.0 Å². The van der Waals surface area contributed by atoms with Crippen molar-refractivity contribution in [1.29, 1.82) is 0 Å². The molecule has 218 valence electrons. The van der Waals surface area contributed by atoms with Gasteiger partial charge in [-0.1, -0.05) is 12.1 Å². The maximum absolute atomic E-state index is 13.1. The van der Waals surface area contributed by atoms with Crippen LogP contribution in [0.15, 0.2) is 18.2 Å². The molecular weight excluding hydrogens is 534 g/mol. The Hall–Kier alpha value is -3.02. The summed E-state index contributed by atoms with van der Waals surface area (Å²) in [6, 6.07) is 4.39. The number of hydrogen-bond acceptors (Lipinski definition) is 6. The summed E-state index contributed by atoms with van der Waals surface area (Å²) < 4.78 is 50.8. The minimum atomic E-state index is -5.38. The van der Waals surface area contributed by atoms with Gasteiger partial charge in [-0.15, -0.1) is 5.06 Å². The number of likely N-dealkylation sites (tertiary alicyclic amines) is 1. The van der Waals surface area contributed by atoms with Crippen LogP contribution in [-0.4, -0.2) is 77.1 Å². The predicted molar refractivity (Wildman–Crippen MR) is 133 cm³/mol. The number of imide groups is 1. The summed E-state index contributed by atoms with van der Waals surface area (Å²) in [5.74, 6) is -4.18. The Morgan fingerprint density at radius 2 is 1.62 bits per heavy atom. The molecule has 1 unspecified atom stereocenters. The van der Waals surface area contributed by atoms with E-state index in [1.807, 2.05) is 12.1 Å². The van der Waals surface area contributed by atoms with Crippen molar-refractivity contribution in [1.82, 2.24) is 14.9 Å². The molecule has 1 aliphatic carbocycles. The lowest BCUT2D eigenvalue weighted by Gasteiger charge is -2.36. The largest absolute Gasteiger partial charge is 0.493 e. The lowest BCUT2D eigenvalue weighted by Crippen LogP contribution is -2.55. The van der Waals surface area contributed by atoms with Gasteiger partial charge in [0.05, 0.1) is 6.67 Å². The van der Waals surface area contributed by atoms with Crippen molar-refractivity contribution >= 4 is 23.7 Å². The summed E-state index contributed by atoms with van der Waals surface area (Å²) in [5.41, 5.74) is 2.23. The molecule has 5 rings (SSSR count). The highest BCUT2D eigenvalue weighted by atomic mass is 19.4. The number of carbonyl (C=O) groups is 4.